The Kier molecular flexibility index (Phi) is 4.85. The molecule has 0 spiro atoms. The number of rotatable bonds is 3. The van der Waals surface area contributed by atoms with E-state index in [0.717, 1.165) is 12.6 Å². The molecule has 84 valence electrons. The third-order valence-corrected chi connectivity index (χ3v) is 3.53. The van der Waals surface area contributed by atoms with Gasteiger partial charge in [-0.3, -0.25) is 4.90 Å². The molecule has 2 N–H and O–H groups in total. The molecule has 1 aliphatic rings. The second-order valence-corrected chi connectivity index (χ2v) is 4.64. The van der Waals surface area contributed by atoms with E-state index in [0.29, 0.717) is 6.04 Å². The van der Waals surface area contributed by atoms with Gasteiger partial charge in [0.15, 0.2) is 0 Å². The summed E-state index contributed by atoms with van der Waals surface area (Å²) in [5.74, 6) is 0. The zero-order chi connectivity index (χ0) is 10.6. The van der Waals surface area contributed by atoms with Crippen LogP contribution in [0, 0.1) is 0 Å². The minimum atomic E-state index is 0.517. The Morgan fingerprint density at radius 1 is 1.43 bits per heavy atom. The summed E-state index contributed by atoms with van der Waals surface area (Å²) >= 11 is 0. The monoisotopic (exact) mass is 199 g/mol. The Hall–Kier alpha value is -0.120. The first-order valence-electron chi connectivity index (χ1n) is 5.75. The van der Waals surface area contributed by atoms with Crippen LogP contribution in [0.25, 0.3) is 0 Å². The summed E-state index contributed by atoms with van der Waals surface area (Å²) < 4.78 is 0. The Balaban J connectivity index is 2.42. The van der Waals surface area contributed by atoms with Gasteiger partial charge in [-0.05, 0) is 53.4 Å². The van der Waals surface area contributed by atoms with Gasteiger partial charge >= 0.3 is 0 Å². The first-order chi connectivity index (χ1) is 6.65. The molecular weight excluding hydrogens is 174 g/mol. The van der Waals surface area contributed by atoms with Crippen molar-refractivity contribution in [1.29, 1.82) is 0 Å². The second-order valence-electron chi connectivity index (χ2n) is 4.64. The number of nitrogens with two attached hydrogens (primary N) is 1. The van der Waals surface area contributed by atoms with Crippen LogP contribution in [0.5, 0.6) is 0 Å². The number of hydrogen-bond acceptors (Lipinski definition) is 3. The molecule has 0 aromatic rings. The number of likely N-dealkylation sites (N-methyl/N-ethyl adjacent to an activating group) is 1. The molecule has 0 saturated carbocycles. The van der Waals surface area contributed by atoms with Gasteiger partial charge in [0.05, 0.1) is 0 Å². The van der Waals surface area contributed by atoms with Crippen molar-refractivity contribution < 1.29 is 0 Å². The molecule has 1 aliphatic heterocycles. The molecule has 0 aromatic heterocycles. The van der Waals surface area contributed by atoms with Crippen LogP contribution < -0.4 is 5.73 Å². The summed E-state index contributed by atoms with van der Waals surface area (Å²) in [6.07, 6.45) is 3.94. The maximum atomic E-state index is 5.69. The van der Waals surface area contributed by atoms with Gasteiger partial charge in [0.2, 0.25) is 0 Å². The third kappa shape index (κ3) is 3.23. The normalized spacial score (nSPS) is 27.6. The van der Waals surface area contributed by atoms with E-state index in [1.165, 1.54) is 32.4 Å². The predicted molar refractivity (Wildman–Crippen MR) is 61.4 cm³/mol. The number of nitrogens with zero attached hydrogens (tertiary/aromatic N) is 2. The highest BCUT2D eigenvalue weighted by Gasteiger charge is 2.21. The van der Waals surface area contributed by atoms with Gasteiger partial charge in [-0.2, -0.15) is 0 Å². The van der Waals surface area contributed by atoms with Crippen molar-refractivity contribution in [1.82, 2.24) is 9.80 Å². The minimum Gasteiger partial charge on any atom is -0.329 e. The average Bonchev–Trinajstić information content (AvgIpc) is 2.40. The van der Waals surface area contributed by atoms with Crippen LogP contribution in [0.2, 0.25) is 0 Å². The van der Waals surface area contributed by atoms with Crippen LogP contribution in [0.4, 0.5) is 0 Å². The van der Waals surface area contributed by atoms with E-state index in [9.17, 15) is 0 Å². The molecule has 0 amide bonds. The maximum absolute atomic E-state index is 5.69. The highest BCUT2D eigenvalue weighted by Crippen LogP contribution is 2.16. The van der Waals surface area contributed by atoms with Gasteiger partial charge < -0.3 is 10.6 Å². The second kappa shape index (κ2) is 5.69. The van der Waals surface area contributed by atoms with Crippen LogP contribution >= 0.6 is 0 Å². The zero-order valence-electron chi connectivity index (χ0n) is 9.87. The van der Waals surface area contributed by atoms with Gasteiger partial charge in [-0.15, -0.1) is 0 Å². The molecule has 1 heterocycles. The summed E-state index contributed by atoms with van der Waals surface area (Å²) in [6, 6.07) is 1.25. The van der Waals surface area contributed by atoms with Crippen molar-refractivity contribution in [2.45, 2.75) is 38.3 Å². The molecular formula is C11H25N3. The molecule has 0 aliphatic carbocycles. The molecule has 0 radical (unpaired) electrons. The maximum Gasteiger partial charge on any atom is 0.0190 e. The fourth-order valence-corrected chi connectivity index (χ4v) is 2.16. The molecule has 3 heteroatoms. The first-order valence-corrected chi connectivity index (χ1v) is 5.75. The smallest absolute Gasteiger partial charge is 0.0190 e. The molecule has 1 rings (SSSR count). The lowest BCUT2D eigenvalue weighted by Crippen LogP contribution is -2.42. The van der Waals surface area contributed by atoms with Crippen LogP contribution in [-0.4, -0.2) is 55.6 Å². The zero-order valence-corrected chi connectivity index (χ0v) is 9.87. The Bertz CT molecular complexity index is 161. The molecule has 2 unspecified atom stereocenters. The molecule has 2 atom stereocenters. The average molecular weight is 199 g/mol. The predicted octanol–water partition coefficient (Wildman–Crippen LogP) is 0.750. The quantitative estimate of drug-likeness (QED) is 0.728. The van der Waals surface area contributed by atoms with Crippen LogP contribution in [-0.2, 0) is 0 Å². The summed E-state index contributed by atoms with van der Waals surface area (Å²) in [5, 5.41) is 0. The number of likely N-dealkylation sites (tertiary alicyclic amines) is 1. The van der Waals surface area contributed by atoms with Gasteiger partial charge in [0.25, 0.3) is 0 Å². The standard InChI is InChI=1S/C11H25N3/c1-10(9-12)14(3)11-5-4-7-13(2)8-6-11/h10-11H,4-9,12H2,1-3H3. The molecule has 3 nitrogen and oxygen atoms in total. The SMILES string of the molecule is CC(CN)N(C)C1CCCN(C)CC1. The van der Waals surface area contributed by atoms with Gasteiger partial charge in [-0.25, -0.2) is 0 Å². The lowest BCUT2D eigenvalue weighted by molar-refractivity contribution is 0.171. The lowest BCUT2D eigenvalue weighted by Gasteiger charge is -2.31. The van der Waals surface area contributed by atoms with Crippen molar-refractivity contribution in [2.24, 2.45) is 5.73 Å². The van der Waals surface area contributed by atoms with Crippen LogP contribution in [0.15, 0.2) is 0 Å². The third-order valence-electron chi connectivity index (χ3n) is 3.53. The van der Waals surface area contributed by atoms with Crippen molar-refractivity contribution in [2.75, 3.05) is 33.7 Å². The molecule has 1 fully saturated rings. The molecule has 14 heavy (non-hydrogen) atoms. The lowest BCUT2D eigenvalue weighted by atomic mass is 10.1. The van der Waals surface area contributed by atoms with E-state index >= 15 is 0 Å². The minimum absolute atomic E-state index is 0.517. The van der Waals surface area contributed by atoms with E-state index in [1.54, 1.807) is 0 Å². The van der Waals surface area contributed by atoms with Crippen molar-refractivity contribution >= 4 is 0 Å². The van der Waals surface area contributed by atoms with Gasteiger partial charge in [0.1, 0.15) is 0 Å². The highest BCUT2D eigenvalue weighted by molar-refractivity contribution is 4.78. The van der Waals surface area contributed by atoms with Crippen molar-refractivity contribution in [3.63, 3.8) is 0 Å². The van der Waals surface area contributed by atoms with E-state index in [2.05, 4.69) is 30.8 Å². The molecule has 0 aromatic carbocycles. The van der Waals surface area contributed by atoms with Gasteiger partial charge in [-0.1, -0.05) is 0 Å². The highest BCUT2D eigenvalue weighted by atomic mass is 15.2. The fraction of sp³-hybridized carbons (Fsp3) is 1.00. The summed E-state index contributed by atoms with van der Waals surface area (Å²) in [6.45, 7) is 5.46. The summed E-state index contributed by atoms with van der Waals surface area (Å²) in [5.41, 5.74) is 5.69. The number of hydrogen-bond donors (Lipinski definition) is 1. The van der Waals surface area contributed by atoms with E-state index < -0.39 is 0 Å². The Morgan fingerprint density at radius 3 is 2.79 bits per heavy atom. The first kappa shape index (κ1) is 12.0. The molecule has 1 saturated heterocycles. The Labute approximate surface area is 88.2 Å². The van der Waals surface area contributed by atoms with E-state index in [4.69, 9.17) is 5.73 Å². The van der Waals surface area contributed by atoms with Crippen LogP contribution in [0.3, 0.4) is 0 Å². The van der Waals surface area contributed by atoms with Gasteiger partial charge in [0, 0.05) is 18.6 Å². The van der Waals surface area contributed by atoms with Crippen LogP contribution in [0.1, 0.15) is 26.2 Å². The van der Waals surface area contributed by atoms with E-state index in [-0.39, 0.29) is 0 Å². The molecule has 0 bridgehead atoms. The summed E-state index contributed by atoms with van der Waals surface area (Å²) in [4.78, 5) is 4.89. The van der Waals surface area contributed by atoms with E-state index in [1.807, 2.05) is 0 Å². The largest absolute Gasteiger partial charge is 0.329 e. The van der Waals surface area contributed by atoms with Crippen molar-refractivity contribution in [3.05, 3.63) is 0 Å². The topological polar surface area (TPSA) is 32.5 Å². The fourth-order valence-electron chi connectivity index (χ4n) is 2.16. The van der Waals surface area contributed by atoms with Crippen molar-refractivity contribution in [3.8, 4) is 0 Å². The summed E-state index contributed by atoms with van der Waals surface area (Å²) in [7, 11) is 4.43. The Morgan fingerprint density at radius 2 is 2.14 bits per heavy atom.